The molecule has 33 heavy (non-hydrogen) atoms. The summed E-state index contributed by atoms with van der Waals surface area (Å²) in [5.74, 6) is -5.17. The molecule has 0 aromatic heterocycles. The normalized spacial score (nSPS) is 14.8. The number of carbonyl (C=O) groups excluding carboxylic acids is 1. The van der Waals surface area contributed by atoms with Crippen LogP contribution in [0.25, 0.3) is 11.1 Å². The highest BCUT2D eigenvalue weighted by Crippen LogP contribution is 2.44. The van der Waals surface area contributed by atoms with Gasteiger partial charge in [-0.3, -0.25) is 9.59 Å². The molecule has 0 radical (unpaired) electrons. The SMILES string of the molecule is NC(c1ccccc1C(F)(F)F)C(C(=O)O)C(=O)OCC1c2ccccc2-c2ccccc21. The van der Waals surface area contributed by atoms with Crippen molar-refractivity contribution in [3.8, 4) is 11.1 Å². The number of carboxylic acid groups (broad SMARTS) is 1. The standard InChI is InChI=1S/C25H20F3NO4/c26-25(27,28)20-12-6-5-11-18(20)22(29)21(23(30)31)24(32)33-13-19-16-9-3-1-7-14(16)15-8-2-4-10-17(15)19/h1-12,19,21-22H,13,29H2,(H,30,31). The summed E-state index contributed by atoms with van der Waals surface area (Å²) in [5, 5.41) is 9.61. The van der Waals surface area contributed by atoms with E-state index in [2.05, 4.69) is 0 Å². The van der Waals surface area contributed by atoms with Crippen molar-refractivity contribution < 1.29 is 32.6 Å². The van der Waals surface area contributed by atoms with Gasteiger partial charge in [0.25, 0.3) is 0 Å². The number of aliphatic carboxylic acids is 1. The van der Waals surface area contributed by atoms with Gasteiger partial charge in [-0.2, -0.15) is 13.2 Å². The number of hydrogen-bond acceptors (Lipinski definition) is 4. The summed E-state index contributed by atoms with van der Waals surface area (Å²) in [4.78, 5) is 24.6. The fraction of sp³-hybridized carbons (Fsp3) is 0.200. The van der Waals surface area contributed by atoms with Gasteiger partial charge in [0.1, 0.15) is 6.61 Å². The average molecular weight is 455 g/mol. The zero-order valence-electron chi connectivity index (χ0n) is 17.3. The molecular formula is C25H20F3NO4. The van der Waals surface area contributed by atoms with Gasteiger partial charge in [0.15, 0.2) is 5.92 Å². The maximum absolute atomic E-state index is 13.4. The molecule has 0 heterocycles. The first-order valence-electron chi connectivity index (χ1n) is 10.2. The smallest absolute Gasteiger partial charge is 0.416 e. The summed E-state index contributed by atoms with van der Waals surface area (Å²) < 4.78 is 45.5. The lowest BCUT2D eigenvalue weighted by atomic mass is 9.90. The number of carboxylic acids is 1. The number of alkyl halides is 3. The maximum Gasteiger partial charge on any atom is 0.416 e. The average Bonchev–Trinajstić information content (AvgIpc) is 3.11. The van der Waals surface area contributed by atoms with Crippen LogP contribution in [-0.4, -0.2) is 23.7 Å². The number of halogens is 3. The number of ether oxygens (including phenoxy) is 1. The topological polar surface area (TPSA) is 89.6 Å². The van der Waals surface area contributed by atoms with E-state index in [1.165, 1.54) is 12.1 Å². The Kier molecular flexibility index (Phi) is 5.95. The molecule has 5 nitrogen and oxygen atoms in total. The van der Waals surface area contributed by atoms with E-state index in [1.807, 2.05) is 48.5 Å². The van der Waals surface area contributed by atoms with Crippen molar-refractivity contribution in [2.75, 3.05) is 6.61 Å². The van der Waals surface area contributed by atoms with E-state index in [4.69, 9.17) is 10.5 Å². The molecule has 0 amide bonds. The lowest BCUT2D eigenvalue weighted by Crippen LogP contribution is -2.37. The minimum absolute atomic E-state index is 0.162. The largest absolute Gasteiger partial charge is 0.481 e. The second-order valence-electron chi connectivity index (χ2n) is 7.78. The Morgan fingerprint density at radius 2 is 1.42 bits per heavy atom. The Balaban J connectivity index is 1.58. The van der Waals surface area contributed by atoms with E-state index in [-0.39, 0.29) is 12.5 Å². The van der Waals surface area contributed by atoms with Gasteiger partial charge in [-0.15, -0.1) is 0 Å². The van der Waals surface area contributed by atoms with Crippen molar-refractivity contribution in [2.24, 2.45) is 11.7 Å². The van der Waals surface area contributed by atoms with Gasteiger partial charge in [0, 0.05) is 5.92 Å². The Hall–Kier alpha value is -3.65. The fourth-order valence-electron chi connectivity index (χ4n) is 4.32. The second-order valence-corrected chi connectivity index (χ2v) is 7.78. The molecule has 2 atom stereocenters. The summed E-state index contributed by atoms with van der Waals surface area (Å²) in [5.41, 5.74) is 8.14. The van der Waals surface area contributed by atoms with E-state index in [0.29, 0.717) is 0 Å². The van der Waals surface area contributed by atoms with Crippen LogP contribution in [0.15, 0.2) is 72.8 Å². The number of carbonyl (C=O) groups is 2. The van der Waals surface area contributed by atoms with Crippen LogP contribution >= 0.6 is 0 Å². The minimum atomic E-state index is -4.75. The Bertz CT molecular complexity index is 1160. The van der Waals surface area contributed by atoms with Crippen LogP contribution in [0.4, 0.5) is 13.2 Å². The zero-order chi connectivity index (χ0) is 23.8. The van der Waals surface area contributed by atoms with Gasteiger partial charge in [-0.05, 0) is 33.9 Å². The van der Waals surface area contributed by atoms with Crippen LogP contribution in [0.1, 0.15) is 34.2 Å². The maximum atomic E-state index is 13.4. The third-order valence-corrected chi connectivity index (χ3v) is 5.86. The van der Waals surface area contributed by atoms with Crippen molar-refractivity contribution in [2.45, 2.75) is 18.1 Å². The zero-order valence-corrected chi connectivity index (χ0v) is 17.3. The van der Waals surface area contributed by atoms with Crippen molar-refractivity contribution in [1.82, 2.24) is 0 Å². The molecule has 1 aliphatic carbocycles. The summed E-state index contributed by atoms with van der Waals surface area (Å²) in [6.45, 7) is -0.162. The van der Waals surface area contributed by atoms with Crippen molar-refractivity contribution in [3.63, 3.8) is 0 Å². The van der Waals surface area contributed by atoms with E-state index >= 15 is 0 Å². The van der Waals surface area contributed by atoms with Gasteiger partial charge in [-0.1, -0.05) is 66.7 Å². The number of rotatable bonds is 6. The first-order chi connectivity index (χ1) is 15.7. The van der Waals surface area contributed by atoms with E-state index in [0.717, 1.165) is 34.4 Å². The monoisotopic (exact) mass is 455 g/mol. The quantitative estimate of drug-likeness (QED) is 0.413. The molecule has 4 rings (SSSR count). The third kappa shape index (κ3) is 4.21. The van der Waals surface area contributed by atoms with Crippen molar-refractivity contribution >= 4 is 11.9 Å². The van der Waals surface area contributed by atoms with Gasteiger partial charge in [0.05, 0.1) is 11.6 Å². The molecule has 0 saturated heterocycles. The highest BCUT2D eigenvalue weighted by molar-refractivity contribution is 5.95. The predicted molar refractivity (Wildman–Crippen MR) is 114 cm³/mol. The first kappa shape index (κ1) is 22.5. The van der Waals surface area contributed by atoms with Gasteiger partial charge in [0.2, 0.25) is 0 Å². The van der Waals surface area contributed by atoms with Crippen molar-refractivity contribution in [3.05, 3.63) is 95.1 Å². The number of benzene rings is 3. The Labute approximate surface area is 187 Å². The third-order valence-electron chi connectivity index (χ3n) is 5.86. The van der Waals surface area contributed by atoms with Crippen molar-refractivity contribution in [1.29, 1.82) is 0 Å². The highest BCUT2D eigenvalue weighted by atomic mass is 19.4. The predicted octanol–water partition coefficient (Wildman–Crippen LogP) is 4.76. The first-order valence-corrected chi connectivity index (χ1v) is 10.2. The molecule has 3 aromatic rings. The van der Waals surface area contributed by atoms with E-state index in [9.17, 15) is 27.9 Å². The van der Waals surface area contributed by atoms with Crippen LogP contribution < -0.4 is 5.73 Å². The molecule has 0 spiro atoms. The summed E-state index contributed by atoms with van der Waals surface area (Å²) in [6.07, 6.45) is -4.75. The summed E-state index contributed by atoms with van der Waals surface area (Å²) >= 11 is 0. The number of fused-ring (bicyclic) bond motifs is 3. The van der Waals surface area contributed by atoms with Gasteiger partial charge < -0.3 is 15.6 Å². The van der Waals surface area contributed by atoms with Gasteiger partial charge in [-0.25, -0.2) is 0 Å². The Morgan fingerprint density at radius 3 is 1.97 bits per heavy atom. The van der Waals surface area contributed by atoms with Crippen LogP contribution in [0.2, 0.25) is 0 Å². The van der Waals surface area contributed by atoms with Gasteiger partial charge >= 0.3 is 18.1 Å². The molecule has 2 unspecified atom stereocenters. The number of hydrogen-bond donors (Lipinski definition) is 2. The molecule has 8 heteroatoms. The van der Waals surface area contributed by atoms with Crippen LogP contribution in [-0.2, 0) is 20.5 Å². The molecular weight excluding hydrogens is 435 g/mol. The number of nitrogens with two attached hydrogens (primary N) is 1. The molecule has 3 N–H and O–H groups in total. The highest BCUT2D eigenvalue weighted by Gasteiger charge is 2.41. The molecule has 0 bridgehead atoms. The molecule has 0 saturated carbocycles. The fourth-order valence-corrected chi connectivity index (χ4v) is 4.32. The Morgan fingerprint density at radius 1 is 0.909 bits per heavy atom. The molecule has 0 fully saturated rings. The second kappa shape index (κ2) is 8.71. The molecule has 170 valence electrons. The molecule has 0 aliphatic heterocycles. The minimum Gasteiger partial charge on any atom is -0.481 e. The summed E-state index contributed by atoms with van der Waals surface area (Å²) in [7, 11) is 0. The lowest BCUT2D eigenvalue weighted by Gasteiger charge is -2.23. The number of esters is 1. The van der Waals surface area contributed by atoms with E-state index in [1.54, 1.807) is 0 Å². The summed E-state index contributed by atoms with van der Waals surface area (Å²) in [6, 6.07) is 17.8. The lowest BCUT2D eigenvalue weighted by molar-refractivity contribution is -0.160. The van der Waals surface area contributed by atoms with Crippen LogP contribution in [0, 0.1) is 5.92 Å². The van der Waals surface area contributed by atoms with Crippen LogP contribution in [0.5, 0.6) is 0 Å². The van der Waals surface area contributed by atoms with E-state index < -0.39 is 41.2 Å². The molecule has 1 aliphatic rings. The molecule has 3 aromatic carbocycles. The van der Waals surface area contributed by atoms with Crippen LogP contribution in [0.3, 0.4) is 0 Å².